The van der Waals surface area contributed by atoms with Crippen LogP contribution in [0.4, 0.5) is 0 Å². The van der Waals surface area contributed by atoms with Crippen LogP contribution < -0.4 is 11.1 Å². The van der Waals surface area contributed by atoms with Gasteiger partial charge in [-0.25, -0.2) is 0 Å². The lowest BCUT2D eigenvalue weighted by atomic mass is 9.94. The Labute approximate surface area is 122 Å². The Morgan fingerprint density at radius 2 is 2.12 bits per heavy atom. The highest BCUT2D eigenvalue weighted by Gasteiger charge is 2.21. The van der Waals surface area contributed by atoms with Gasteiger partial charge in [-0.15, -0.1) is 12.4 Å². The van der Waals surface area contributed by atoms with E-state index in [-0.39, 0.29) is 23.9 Å². The fraction of sp³-hybridized carbons (Fsp3) is 0.545. The van der Waals surface area contributed by atoms with E-state index in [4.69, 9.17) is 5.73 Å². The van der Waals surface area contributed by atoms with Gasteiger partial charge < -0.3 is 16.0 Å². The van der Waals surface area contributed by atoms with Crippen molar-refractivity contribution in [3.63, 3.8) is 0 Å². The molecule has 1 rings (SSSR count). The third-order valence-electron chi connectivity index (χ3n) is 2.90. The molecule has 0 fully saturated rings. The normalized spacial score (nSPS) is 10.8. The molecule has 1 amide bonds. The van der Waals surface area contributed by atoms with Gasteiger partial charge in [0.2, 0.25) is 0 Å². The van der Waals surface area contributed by atoms with Crippen molar-refractivity contribution in [2.45, 2.75) is 32.2 Å². The van der Waals surface area contributed by atoms with Gasteiger partial charge in [0.15, 0.2) is 0 Å². The fourth-order valence-electron chi connectivity index (χ4n) is 1.35. The predicted molar refractivity (Wildman–Crippen MR) is 80.6 cm³/mol. The number of hydrogen-bond acceptors (Lipinski definition) is 2. The Bertz CT molecular complexity index is 363. The first kappa shape index (κ1) is 16.7. The van der Waals surface area contributed by atoms with Gasteiger partial charge in [0, 0.05) is 21.9 Å². The zero-order valence-corrected chi connectivity index (χ0v) is 13.0. The second-order valence-corrected chi connectivity index (χ2v) is 5.23. The highest BCUT2D eigenvalue weighted by atomic mass is 127. The molecule has 4 nitrogen and oxygen atoms in total. The summed E-state index contributed by atoms with van der Waals surface area (Å²) in [5.74, 6) is -0.0976. The lowest BCUT2D eigenvalue weighted by Gasteiger charge is -2.26. The summed E-state index contributed by atoms with van der Waals surface area (Å²) in [6, 6.07) is 1.81. The summed E-state index contributed by atoms with van der Waals surface area (Å²) in [6.45, 7) is 4.58. The minimum atomic E-state index is -0.296. The van der Waals surface area contributed by atoms with Crippen LogP contribution in [0.15, 0.2) is 12.3 Å². The van der Waals surface area contributed by atoms with Crippen molar-refractivity contribution in [1.82, 2.24) is 10.3 Å². The predicted octanol–water partition coefficient (Wildman–Crippen LogP) is 2.29. The van der Waals surface area contributed by atoms with E-state index in [1.807, 2.05) is 19.9 Å². The van der Waals surface area contributed by atoms with Crippen LogP contribution in [-0.2, 0) is 0 Å². The first-order valence-electron chi connectivity index (χ1n) is 5.41. The number of nitrogens with one attached hydrogen (secondary N) is 2. The van der Waals surface area contributed by atoms with E-state index in [2.05, 4.69) is 32.9 Å². The molecule has 17 heavy (non-hydrogen) atoms. The van der Waals surface area contributed by atoms with Gasteiger partial charge in [0.05, 0.1) is 0 Å². The number of carbonyl (C=O) groups is 1. The average molecular weight is 372 g/mol. The number of nitrogens with two attached hydrogens (primary N) is 1. The summed E-state index contributed by atoms with van der Waals surface area (Å²) in [7, 11) is 0. The summed E-state index contributed by atoms with van der Waals surface area (Å²) in [4.78, 5) is 14.7. The number of amides is 1. The maximum absolute atomic E-state index is 11.7. The molecule has 0 aliphatic heterocycles. The Kier molecular flexibility index (Phi) is 7.11. The van der Waals surface area contributed by atoms with E-state index in [0.717, 1.165) is 16.4 Å². The molecule has 1 aromatic rings. The number of H-pyrrole nitrogens is 1. The smallest absolute Gasteiger partial charge is 0.267 e. The molecule has 0 aromatic carbocycles. The molecule has 4 N–H and O–H groups in total. The van der Waals surface area contributed by atoms with E-state index >= 15 is 0 Å². The molecular formula is C11H19ClIN3O. The van der Waals surface area contributed by atoms with Gasteiger partial charge in [0.25, 0.3) is 5.91 Å². The monoisotopic (exact) mass is 371 g/mol. The minimum Gasteiger partial charge on any atom is -0.356 e. The maximum Gasteiger partial charge on any atom is 0.267 e. The van der Waals surface area contributed by atoms with Gasteiger partial charge in [-0.1, -0.05) is 13.8 Å². The molecule has 0 saturated heterocycles. The van der Waals surface area contributed by atoms with Crippen molar-refractivity contribution in [3.8, 4) is 0 Å². The van der Waals surface area contributed by atoms with Crippen LogP contribution in [-0.4, -0.2) is 23.0 Å². The zero-order chi connectivity index (χ0) is 12.2. The number of aromatic nitrogens is 1. The molecule has 0 spiro atoms. The second-order valence-electron chi connectivity index (χ2n) is 3.98. The number of aromatic amines is 1. The van der Waals surface area contributed by atoms with E-state index in [0.29, 0.717) is 12.2 Å². The van der Waals surface area contributed by atoms with Crippen LogP contribution in [0.25, 0.3) is 0 Å². The van der Waals surface area contributed by atoms with Crippen LogP contribution in [0.2, 0.25) is 0 Å². The maximum atomic E-state index is 11.7. The molecular weight excluding hydrogens is 352 g/mol. The average Bonchev–Trinajstić information content (AvgIpc) is 2.72. The minimum absolute atomic E-state index is 0. The second kappa shape index (κ2) is 7.23. The first-order valence-corrected chi connectivity index (χ1v) is 6.49. The Morgan fingerprint density at radius 3 is 2.53 bits per heavy atom. The molecule has 6 heteroatoms. The van der Waals surface area contributed by atoms with Crippen LogP contribution >= 0.6 is 35.0 Å². The van der Waals surface area contributed by atoms with Crippen LogP contribution in [0.5, 0.6) is 0 Å². The third kappa shape index (κ3) is 4.85. The molecule has 0 bridgehead atoms. The lowest BCUT2D eigenvalue weighted by molar-refractivity contribution is 0.0938. The number of hydrogen-bond donors (Lipinski definition) is 3. The van der Waals surface area contributed by atoms with Crippen molar-refractivity contribution < 1.29 is 4.79 Å². The van der Waals surface area contributed by atoms with Gasteiger partial charge in [-0.05, 0) is 41.5 Å². The van der Waals surface area contributed by atoms with Gasteiger partial charge >= 0.3 is 0 Å². The topological polar surface area (TPSA) is 70.9 Å². The van der Waals surface area contributed by atoms with E-state index in [9.17, 15) is 4.79 Å². The fourth-order valence-corrected chi connectivity index (χ4v) is 1.82. The Morgan fingerprint density at radius 1 is 1.53 bits per heavy atom. The van der Waals surface area contributed by atoms with Crippen molar-refractivity contribution in [1.29, 1.82) is 0 Å². The summed E-state index contributed by atoms with van der Waals surface area (Å²) < 4.78 is 1.02. The van der Waals surface area contributed by atoms with Crippen molar-refractivity contribution in [2.75, 3.05) is 6.54 Å². The molecule has 0 aliphatic rings. The third-order valence-corrected chi connectivity index (χ3v) is 3.52. The highest BCUT2D eigenvalue weighted by Crippen LogP contribution is 2.10. The van der Waals surface area contributed by atoms with Crippen molar-refractivity contribution in [3.05, 3.63) is 21.5 Å². The Balaban J connectivity index is 0.00000256. The summed E-state index contributed by atoms with van der Waals surface area (Å²) in [5.41, 5.74) is 6.39. The number of rotatable bonds is 5. The zero-order valence-electron chi connectivity index (χ0n) is 10.0. The molecule has 0 aliphatic carbocycles. The van der Waals surface area contributed by atoms with Crippen LogP contribution in [0, 0.1) is 3.57 Å². The largest absolute Gasteiger partial charge is 0.356 e. The quantitative estimate of drug-likeness (QED) is 0.695. The molecule has 1 aromatic heterocycles. The molecule has 0 unspecified atom stereocenters. The first-order chi connectivity index (χ1) is 7.50. The summed E-state index contributed by atoms with van der Waals surface area (Å²) in [5, 5.41) is 2.86. The summed E-state index contributed by atoms with van der Waals surface area (Å²) >= 11 is 2.16. The van der Waals surface area contributed by atoms with Crippen molar-refractivity contribution in [2.24, 2.45) is 5.73 Å². The Hall–Kier alpha value is -0.270. The van der Waals surface area contributed by atoms with E-state index < -0.39 is 0 Å². The number of halogens is 2. The molecule has 0 radical (unpaired) electrons. The lowest BCUT2D eigenvalue weighted by Crippen LogP contribution is -2.49. The van der Waals surface area contributed by atoms with Gasteiger partial charge in [-0.2, -0.15) is 0 Å². The molecule has 1 heterocycles. The summed E-state index contributed by atoms with van der Waals surface area (Å²) in [6.07, 6.45) is 3.50. The van der Waals surface area contributed by atoms with Crippen molar-refractivity contribution >= 4 is 40.9 Å². The molecule has 98 valence electrons. The van der Waals surface area contributed by atoms with E-state index in [1.165, 1.54) is 0 Å². The highest BCUT2D eigenvalue weighted by molar-refractivity contribution is 14.1. The standard InChI is InChI=1S/C11H18IN3O.ClH/c1-3-11(13,4-2)7-15-10(16)9-5-8(12)6-14-9;/h5-6,14H,3-4,7,13H2,1-2H3,(H,15,16);1H. The SMILES string of the molecule is CCC(N)(CC)CNC(=O)c1cc(I)c[nH]1.Cl. The van der Waals surface area contributed by atoms with Gasteiger partial charge in [-0.3, -0.25) is 4.79 Å². The van der Waals surface area contributed by atoms with Crippen LogP contribution in [0.1, 0.15) is 37.2 Å². The van der Waals surface area contributed by atoms with Crippen LogP contribution in [0.3, 0.4) is 0 Å². The number of carbonyl (C=O) groups excluding carboxylic acids is 1. The molecule has 0 atom stereocenters. The molecule has 0 saturated carbocycles. The van der Waals surface area contributed by atoms with E-state index in [1.54, 1.807) is 6.20 Å². The van der Waals surface area contributed by atoms with Gasteiger partial charge in [0.1, 0.15) is 5.69 Å².